The summed E-state index contributed by atoms with van der Waals surface area (Å²) in [5, 5.41) is 5.92. The number of benzene rings is 1. The molecule has 0 fully saturated rings. The van der Waals surface area contributed by atoms with Crippen molar-refractivity contribution < 1.29 is 9.53 Å². The number of guanidine groups is 1. The van der Waals surface area contributed by atoms with Gasteiger partial charge in [-0.2, -0.15) is 0 Å². The van der Waals surface area contributed by atoms with E-state index in [4.69, 9.17) is 10.5 Å². The molecular formula is C18H30N4O2. The number of rotatable bonds is 8. The van der Waals surface area contributed by atoms with E-state index >= 15 is 0 Å². The molecule has 0 aliphatic heterocycles. The molecule has 6 heteroatoms. The van der Waals surface area contributed by atoms with Gasteiger partial charge in [0, 0.05) is 5.69 Å². The minimum absolute atomic E-state index is 0.105. The molecule has 1 unspecified atom stereocenters. The van der Waals surface area contributed by atoms with Crippen LogP contribution in [0.25, 0.3) is 0 Å². The van der Waals surface area contributed by atoms with Crippen LogP contribution in [0.5, 0.6) is 0 Å². The maximum Gasteiger partial charge on any atom is 0.407 e. The average Bonchev–Trinajstić information content (AvgIpc) is 2.52. The number of carbonyl (C=O) groups excluding carboxylic acids is 1. The summed E-state index contributed by atoms with van der Waals surface area (Å²) in [5.74, 6) is 0.769. The lowest BCUT2D eigenvalue weighted by atomic mass is 10.0. The normalized spacial score (nSPS) is 12.8. The molecule has 0 heterocycles. The van der Waals surface area contributed by atoms with Crippen LogP contribution >= 0.6 is 0 Å². The molecule has 0 saturated heterocycles. The largest absolute Gasteiger partial charge is 0.450 e. The summed E-state index contributed by atoms with van der Waals surface area (Å²) in [4.78, 5) is 16.0. The lowest BCUT2D eigenvalue weighted by Crippen LogP contribution is -2.39. The van der Waals surface area contributed by atoms with Crippen molar-refractivity contribution in [3.05, 3.63) is 29.8 Å². The Morgan fingerprint density at radius 1 is 1.33 bits per heavy atom. The molecule has 0 bridgehead atoms. The number of nitrogens with zero attached hydrogens (tertiary/aromatic N) is 1. The van der Waals surface area contributed by atoms with E-state index in [1.54, 1.807) is 6.92 Å². The van der Waals surface area contributed by atoms with E-state index in [2.05, 4.69) is 42.5 Å². The fourth-order valence-corrected chi connectivity index (χ4v) is 2.35. The number of ether oxygens (including phenoxy) is 1. The van der Waals surface area contributed by atoms with Crippen molar-refractivity contribution in [1.82, 2.24) is 5.32 Å². The van der Waals surface area contributed by atoms with Crippen LogP contribution < -0.4 is 16.4 Å². The minimum atomic E-state index is -0.416. The highest BCUT2D eigenvalue weighted by Crippen LogP contribution is 2.11. The zero-order chi connectivity index (χ0) is 17.9. The van der Waals surface area contributed by atoms with Gasteiger partial charge in [-0.3, -0.25) is 4.99 Å². The molecule has 1 amide bonds. The van der Waals surface area contributed by atoms with Crippen LogP contribution in [0.1, 0.15) is 39.7 Å². The molecule has 0 aliphatic rings. The first-order valence-electron chi connectivity index (χ1n) is 8.53. The second-order valence-electron chi connectivity index (χ2n) is 6.10. The summed E-state index contributed by atoms with van der Waals surface area (Å²) in [7, 11) is 0. The number of nitrogens with two attached hydrogens (primary N) is 1. The Balaban J connectivity index is 2.63. The van der Waals surface area contributed by atoms with E-state index in [0.717, 1.165) is 18.5 Å². The van der Waals surface area contributed by atoms with Gasteiger partial charge in [0.2, 0.25) is 0 Å². The van der Waals surface area contributed by atoms with Crippen molar-refractivity contribution in [3.8, 4) is 0 Å². The predicted octanol–water partition coefficient (Wildman–Crippen LogP) is 3.14. The second kappa shape index (κ2) is 10.5. The Morgan fingerprint density at radius 3 is 2.71 bits per heavy atom. The molecule has 0 spiro atoms. The Morgan fingerprint density at radius 2 is 2.08 bits per heavy atom. The first-order chi connectivity index (χ1) is 11.4. The predicted molar refractivity (Wildman–Crippen MR) is 99.3 cm³/mol. The number of nitrogens with one attached hydrogen (secondary N) is 2. The number of hydrogen-bond acceptors (Lipinski definition) is 3. The van der Waals surface area contributed by atoms with Gasteiger partial charge < -0.3 is 21.1 Å². The average molecular weight is 334 g/mol. The zero-order valence-electron chi connectivity index (χ0n) is 15.1. The van der Waals surface area contributed by atoms with Crippen LogP contribution in [0.4, 0.5) is 10.5 Å². The van der Waals surface area contributed by atoms with Gasteiger partial charge in [0.05, 0.1) is 19.2 Å². The van der Waals surface area contributed by atoms with Gasteiger partial charge in [-0.1, -0.05) is 32.9 Å². The number of anilines is 1. The molecule has 1 atom stereocenters. The third-order valence-corrected chi connectivity index (χ3v) is 3.44. The second-order valence-corrected chi connectivity index (χ2v) is 6.10. The van der Waals surface area contributed by atoms with Crippen molar-refractivity contribution in [2.24, 2.45) is 16.6 Å². The third kappa shape index (κ3) is 7.85. The van der Waals surface area contributed by atoms with E-state index in [9.17, 15) is 4.79 Å². The highest BCUT2D eigenvalue weighted by Gasteiger charge is 2.14. The molecule has 0 radical (unpaired) electrons. The fourth-order valence-electron chi connectivity index (χ4n) is 2.35. The van der Waals surface area contributed by atoms with Crippen molar-refractivity contribution in [2.75, 3.05) is 18.5 Å². The molecule has 134 valence electrons. The molecule has 1 rings (SSSR count). The van der Waals surface area contributed by atoms with Crippen LogP contribution in [-0.2, 0) is 11.2 Å². The molecule has 6 nitrogen and oxygen atoms in total. The van der Waals surface area contributed by atoms with Gasteiger partial charge in [-0.05, 0) is 43.4 Å². The number of amides is 1. The summed E-state index contributed by atoms with van der Waals surface area (Å²) in [6.07, 6.45) is 1.36. The molecule has 4 N–H and O–H groups in total. The Kier molecular flexibility index (Phi) is 8.68. The molecule has 24 heavy (non-hydrogen) atoms. The van der Waals surface area contributed by atoms with E-state index in [0.29, 0.717) is 25.0 Å². The summed E-state index contributed by atoms with van der Waals surface area (Å²) < 4.78 is 4.94. The number of alkyl carbamates (subject to hydrolysis) is 1. The van der Waals surface area contributed by atoms with Crippen LogP contribution in [0.15, 0.2) is 29.3 Å². The van der Waals surface area contributed by atoms with Gasteiger partial charge >= 0.3 is 6.09 Å². The SMILES string of the molecule is CCOC(=O)NC(CN=C(N)Nc1cccc(CC)c1)CC(C)C. The summed E-state index contributed by atoms with van der Waals surface area (Å²) in [6, 6.07) is 7.94. The standard InChI is InChI=1S/C18H30N4O2/c1-5-14-8-7-9-15(11-14)21-17(19)20-12-16(10-13(3)4)22-18(23)24-6-2/h7-9,11,13,16H,5-6,10,12H2,1-4H3,(H,22,23)(H3,19,20,21). The topological polar surface area (TPSA) is 88.7 Å². The smallest absolute Gasteiger partial charge is 0.407 e. The summed E-state index contributed by atoms with van der Waals surface area (Å²) >= 11 is 0. The quantitative estimate of drug-likeness (QED) is 0.503. The highest BCUT2D eigenvalue weighted by atomic mass is 16.5. The molecule has 0 aromatic heterocycles. The van der Waals surface area contributed by atoms with Crippen molar-refractivity contribution >= 4 is 17.7 Å². The highest BCUT2D eigenvalue weighted by molar-refractivity contribution is 5.92. The number of hydrogen-bond donors (Lipinski definition) is 3. The van der Waals surface area contributed by atoms with Crippen LogP contribution in [0.3, 0.4) is 0 Å². The van der Waals surface area contributed by atoms with E-state index in [1.165, 1.54) is 5.56 Å². The fraction of sp³-hybridized carbons (Fsp3) is 0.556. The molecule has 1 aromatic carbocycles. The van der Waals surface area contributed by atoms with Gasteiger partial charge in [-0.15, -0.1) is 0 Å². The number of aryl methyl sites for hydroxylation is 1. The van der Waals surface area contributed by atoms with E-state index < -0.39 is 6.09 Å². The van der Waals surface area contributed by atoms with Crippen LogP contribution in [0.2, 0.25) is 0 Å². The molecule has 0 saturated carbocycles. The first kappa shape index (κ1) is 19.8. The van der Waals surface area contributed by atoms with Gasteiger partial charge in [0.15, 0.2) is 5.96 Å². The maximum atomic E-state index is 11.6. The monoisotopic (exact) mass is 334 g/mol. The van der Waals surface area contributed by atoms with E-state index in [-0.39, 0.29) is 6.04 Å². The molecular weight excluding hydrogens is 304 g/mol. The van der Waals surface area contributed by atoms with Gasteiger partial charge in [0.1, 0.15) is 0 Å². The Bertz CT molecular complexity index is 544. The Labute approximate surface area is 144 Å². The first-order valence-corrected chi connectivity index (χ1v) is 8.53. The Hall–Kier alpha value is -2.24. The minimum Gasteiger partial charge on any atom is -0.450 e. The van der Waals surface area contributed by atoms with Crippen molar-refractivity contribution in [3.63, 3.8) is 0 Å². The maximum absolute atomic E-state index is 11.6. The van der Waals surface area contributed by atoms with Crippen LogP contribution in [0, 0.1) is 5.92 Å². The molecule has 1 aromatic rings. The van der Waals surface area contributed by atoms with Crippen molar-refractivity contribution in [1.29, 1.82) is 0 Å². The molecule has 0 aliphatic carbocycles. The number of aliphatic imine (C=N–C) groups is 1. The van der Waals surface area contributed by atoms with Crippen LogP contribution in [-0.4, -0.2) is 31.2 Å². The lowest BCUT2D eigenvalue weighted by molar-refractivity contribution is 0.147. The summed E-state index contributed by atoms with van der Waals surface area (Å²) in [5.41, 5.74) is 8.10. The zero-order valence-corrected chi connectivity index (χ0v) is 15.1. The summed E-state index contributed by atoms with van der Waals surface area (Å²) in [6.45, 7) is 8.84. The lowest BCUT2D eigenvalue weighted by Gasteiger charge is -2.19. The van der Waals surface area contributed by atoms with Crippen molar-refractivity contribution in [2.45, 2.75) is 46.6 Å². The number of carbonyl (C=O) groups is 1. The van der Waals surface area contributed by atoms with Gasteiger partial charge in [-0.25, -0.2) is 4.79 Å². The third-order valence-electron chi connectivity index (χ3n) is 3.44. The van der Waals surface area contributed by atoms with Gasteiger partial charge in [0.25, 0.3) is 0 Å². The van der Waals surface area contributed by atoms with E-state index in [1.807, 2.05) is 18.2 Å².